The Morgan fingerprint density at radius 3 is 2.00 bits per heavy atom. The summed E-state index contributed by atoms with van der Waals surface area (Å²) in [5.41, 5.74) is 17.1. The van der Waals surface area contributed by atoms with Crippen LogP contribution in [0.2, 0.25) is 0 Å². The van der Waals surface area contributed by atoms with Gasteiger partial charge in [-0.25, -0.2) is 0 Å². The molecule has 0 heterocycles. The minimum atomic E-state index is -0.110. The van der Waals surface area contributed by atoms with Crippen molar-refractivity contribution >= 4 is 27.8 Å². The summed E-state index contributed by atoms with van der Waals surface area (Å²) in [6.07, 6.45) is 4.81. The van der Waals surface area contributed by atoms with Gasteiger partial charge in [-0.1, -0.05) is 129 Å². The maximum absolute atomic E-state index is 2.52. The second-order valence-corrected chi connectivity index (χ2v) is 14.0. The molecule has 2 aliphatic rings. The van der Waals surface area contributed by atoms with Gasteiger partial charge >= 0.3 is 0 Å². The summed E-state index contributed by atoms with van der Waals surface area (Å²) in [6, 6.07) is 56.5. The molecule has 232 valence electrons. The van der Waals surface area contributed by atoms with Gasteiger partial charge in [0.15, 0.2) is 0 Å². The molecule has 9 rings (SSSR count). The van der Waals surface area contributed by atoms with E-state index in [-0.39, 0.29) is 5.41 Å². The van der Waals surface area contributed by atoms with Crippen molar-refractivity contribution in [1.29, 1.82) is 0 Å². The average Bonchev–Trinajstić information content (AvgIpc) is 3.37. The molecule has 0 spiro atoms. The first-order valence-corrected chi connectivity index (χ1v) is 17.4. The Bertz CT molecular complexity index is 2310. The summed E-state index contributed by atoms with van der Waals surface area (Å²) in [4.78, 5) is 2.51. The Kier molecular flexibility index (Phi) is 6.83. The molecule has 0 aliphatic heterocycles. The predicted octanol–water partition coefficient (Wildman–Crippen LogP) is 12.8. The molecule has 0 fully saturated rings. The van der Waals surface area contributed by atoms with Crippen LogP contribution in [0.15, 0.2) is 152 Å². The lowest BCUT2D eigenvalue weighted by Crippen LogP contribution is -2.17. The molecule has 7 aromatic carbocycles. The van der Waals surface area contributed by atoms with Crippen molar-refractivity contribution < 1.29 is 0 Å². The molecule has 7 aromatic rings. The van der Waals surface area contributed by atoms with Crippen LogP contribution in [0.1, 0.15) is 48.9 Å². The third-order valence-electron chi connectivity index (χ3n) is 10.9. The Hall–Kier alpha value is -5.40. The van der Waals surface area contributed by atoms with Gasteiger partial charge in [0.05, 0.1) is 5.69 Å². The van der Waals surface area contributed by atoms with E-state index in [1.807, 2.05) is 0 Å². The molecule has 0 aromatic heterocycles. The lowest BCUT2D eigenvalue weighted by atomic mass is 9.80. The van der Waals surface area contributed by atoms with E-state index >= 15 is 0 Å². The van der Waals surface area contributed by atoms with Crippen LogP contribution >= 0.6 is 0 Å². The van der Waals surface area contributed by atoms with E-state index in [4.69, 9.17) is 0 Å². The zero-order chi connectivity index (χ0) is 32.2. The fourth-order valence-corrected chi connectivity index (χ4v) is 8.35. The first kappa shape index (κ1) is 28.8. The van der Waals surface area contributed by atoms with Crippen molar-refractivity contribution in [3.63, 3.8) is 0 Å². The minimum absolute atomic E-state index is 0.110. The highest BCUT2D eigenvalue weighted by atomic mass is 15.1. The van der Waals surface area contributed by atoms with Crippen molar-refractivity contribution in [3.05, 3.63) is 174 Å². The van der Waals surface area contributed by atoms with Crippen LogP contribution in [0.25, 0.3) is 44.2 Å². The lowest BCUT2D eigenvalue weighted by Gasteiger charge is -2.32. The molecule has 0 radical (unpaired) electrons. The van der Waals surface area contributed by atoms with Gasteiger partial charge in [0, 0.05) is 22.4 Å². The van der Waals surface area contributed by atoms with E-state index in [9.17, 15) is 0 Å². The van der Waals surface area contributed by atoms with Crippen LogP contribution in [-0.2, 0) is 18.3 Å². The van der Waals surface area contributed by atoms with Gasteiger partial charge < -0.3 is 4.90 Å². The summed E-state index contributed by atoms with van der Waals surface area (Å²) in [5, 5.41) is 2.50. The molecule has 48 heavy (non-hydrogen) atoms. The topological polar surface area (TPSA) is 3.24 Å². The fraction of sp³-hybridized carbons (Fsp3) is 0.149. The van der Waals surface area contributed by atoms with E-state index in [0.29, 0.717) is 0 Å². The highest BCUT2D eigenvalue weighted by Crippen LogP contribution is 2.54. The molecule has 0 N–H and O–H groups in total. The standard InChI is InChI=1S/C47H39N/c1-47(2)44-22-11-10-20-41(44)42-30-43(40-21-12-18-35-16-8-9-19-39(35)40)46(31-45(42)47)48(38-28-25-33-15-6-7-17-36(33)29-38)37-26-23-34(24-27-37)32-13-4-3-5-14-32/h3-7,10-15,17-18,20-31H,8-9,16,19H2,1-2H3. The SMILES string of the molecule is CC1(C)c2ccccc2-c2cc(-c3cccc4c3CCCC4)c(N(c3ccc(-c4ccccc4)cc3)c3ccc4ccccc4c3)cc21. The summed E-state index contributed by atoms with van der Waals surface area (Å²) in [7, 11) is 0. The number of aryl methyl sites for hydroxylation is 1. The highest BCUT2D eigenvalue weighted by Gasteiger charge is 2.37. The normalized spacial score (nSPS) is 14.3. The van der Waals surface area contributed by atoms with Gasteiger partial charge in [0.2, 0.25) is 0 Å². The zero-order valence-electron chi connectivity index (χ0n) is 27.7. The quantitative estimate of drug-likeness (QED) is 0.186. The zero-order valence-corrected chi connectivity index (χ0v) is 27.7. The third-order valence-corrected chi connectivity index (χ3v) is 10.9. The monoisotopic (exact) mass is 617 g/mol. The Balaban J connectivity index is 1.33. The molecule has 0 unspecified atom stereocenters. The fourth-order valence-electron chi connectivity index (χ4n) is 8.35. The van der Waals surface area contributed by atoms with Crippen LogP contribution in [0.3, 0.4) is 0 Å². The highest BCUT2D eigenvalue weighted by molar-refractivity contribution is 5.97. The maximum atomic E-state index is 2.52. The first-order valence-electron chi connectivity index (χ1n) is 17.4. The van der Waals surface area contributed by atoms with E-state index < -0.39 is 0 Å². The van der Waals surface area contributed by atoms with Crippen molar-refractivity contribution in [1.82, 2.24) is 0 Å². The van der Waals surface area contributed by atoms with Gasteiger partial charge in [-0.05, 0) is 123 Å². The van der Waals surface area contributed by atoms with Gasteiger partial charge in [0.25, 0.3) is 0 Å². The van der Waals surface area contributed by atoms with Crippen LogP contribution in [0.4, 0.5) is 17.1 Å². The van der Waals surface area contributed by atoms with Crippen LogP contribution in [0.5, 0.6) is 0 Å². The number of hydrogen-bond donors (Lipinski definition) is 0. The van der Waals surface area contributed by atoms with Crippen molar-refractivity contribution in [2.45, 2.75) is 44.9 Å². The molecule has 0 amide bonds. The Labute approximate surface area is 284 Å². The molecular formula is C47H39N. The summed E-state index contributed by atoms with van der Waals surface area (Å²) >= 11 is 0. The van der Waals surface area contributed by atoms with Gasteiger partial charge in [0.1, 0.15) is 0 Å². The molecule has 1 heteroatoms. The van der Waals surface area contributed by atoms with Crippen LogP contribution in [-0.4, -0.2) is 0 Å². The van der Waals surface area contributed by atoms with Gasteiger partial charge in [-0.15, -0.1) is 0 Å². The summed E-state index contributed by atoms with van der Waals surface area (Å²) < 4.78 is 0. The van der Waals surface area contributed by atoms with Crippen molar-refractivity contribution in [3.8, 4) is 33.4 Å². The van der Waals surface area contributed by atoms with E-state index in [2.05, 4.69) is 170 Å². The molecule has 2 aliphatic carbocycles. The van der Waals surface area contributed by atoms with E-state index in [0.717, 1.165) is 18.5 Å². The van der Waals surface area contributed by atoms with Crippen LogP contribution in [0, 0.1) is 0 Å². The number of rotatable bonds is 5. The van der Waals surface area contributed by atoms with E-state index in [1.165, 1.54) is 90.6 Å². The van der Waals surface area contributed by atoms with Gasteiger partial charge in [-0.3, -0.25) is 0 Å². The maximum Gasteiger partial charge on any atom is 0.0543 e. The Morgan fingerprint density at radius 2 is 1.15 bits per heavy atom. The van der Waals surface area contributed by atoms with Crippen molar-refractivity contribution in [2.75, 3.05) is 4.90 Å². The molecule has 0 saturated carbocycles. The predicted molar refractivity (Wildman–Crippen MR) is 204 cm³/mol. The molecule has 0 atom stereocenters. The average molecular weight is 618 g/mol. The summed E-state index contributed by atoms with van der Waals surface area (Å²) in [5.74, 6) is 0. The van der Waals surface area contributed by atoms with Gasteiger partial charge in [-0.2, -0.15) is 0 Å². The third kappa shape index (κ3) is 4.68. The van der Waals surface area contributed by atoms with Crippen LogP contribution < -0.4 is 4.90 Å². The molecule has 0 saturated heterocycles. The second kappa shape index (κ2) is 11.4. The van der Waals surface area contributed by atoms with Crippen molar-refractivity contribution in [2.24, 2.45) is 0 Å². The number of benzene rings is 7. The second-order valence-electron chi connectivity index (χ2n) is 14.0. The van der Waals surface area contributed by atoms with E-state index in [1.54, 1.807) is 0 Å². The smallest absolute Gasteiger partial charge is 0.0543 e. The molecular weight excluding hydrogens is 579 g/mol. The summed E-state index contributed by atoms with van der Waals surface area (Å²) in [6.45, 7) is 4.78. The first-order chi connectivity index (χ1) is 23.6. The number of hydrogen-bond acceptors (Lipinski definition) is 1. The Morgan fingerprint density at radius 1 is 0.458 bits per heavy atom. The largest absolute Gasteiger partial charge is 0.310 e. The number of fused-ring (bicyclic) bond motifs is 5. The lowest BCUT2D eigenvalue weighted by molar-refractivity contribution is 0.660. The molecule has 1 nitrogen and oxygen atoms in total. The minimum Gasteiger partial charge on any atom is -0.310 e. The number of anilines is 3. The molecule has 0 bridgehead atoms. The number of nitrogens with zero attached hydrogens (tertiary/aromatic N) is 1.